The van der Waals surface area contributed by atoms with Crippen LogP contribution in [0.4, 0.5) is 0 Å². The van der Waals surface area contributed by atoms with Crippen molar-refractivity contribution >= 4 is 15.9 Å². The summed E-state index contributed by atoms with van der Waals surface area (Å²) in [6, 6.07) is -0.273. The third kappa shape index (κ3) is 3.17. The van der Waals surface area contributed by atoms with Crippen molar-refractivity contribution in [3.05, 3.63) is 12.0 Å². The second-order valence-corrected chi connectivity index (χ2v) is 6.71. The van der Waals surface area contributed by atoms with Crippen molar-refractivity contribution in [3.8, 4) is 0 Å². The number of aromatic amines is 1. The number of hydrogen-bond acceptors (Lipinski definition) is 5. The van der Waals surface area contributed by atoms with Crippen LogP contribution in [0.2, 0.25) is 0 Å². The van der Waals surface area contributed by atoms with Gasteiger partial charge in [-0.05, 0) is 26.3 Å². The summed E-state index contributed by atoms with van der Waals surface area (Å²) in [5.41, 5.74) is 5.19. The van der Waals surface area contributed by atoms with E-state index in [1.54, 1.807) is 6.92 Å². The van der Waals surface area contributed by atoms with Crippen LogP contribution in [0, 0.1) is 6.92 Å². The smallest absolute Gasteiger partial charge is 0.260 e. The fraction of sp³-hybridized carbons (Fsp3) is 0.636. The Kier molecular flexibility index (Phi) is 4.41. The van der Waals surface area contributed by atoms with Gasteiger partial charge >= 0.3 is 0 Å². The van der Waals surface area contributed by atoms with E-state index < -0.39 is 15.9 Å². The number of imidazole rings is 1. The lowest BCUT2D eigenvalue weighted by Gasteiger charge is -2.32. The lowest BCUT2D eigenvalue weighted by Crippen LogP contribution is -2.51. The maximum atomic E-state index is 12.6. The number of nitrogens with one attached hydrogen (secondary N) is 2. The van der Waals surface area contributed by atoms with Gasteiger partial charge in [0.1, 0.15) is 5.82 Å². The van der Waals surface area contributed by atoms with Crippen molar-refractivity contribution in [1.29, 1.82) is 0 Å². The second kappa shape index (κ2) is 5.90. The predicted octanol–water partition coefficient (Wildman–Crippen LogP) is -1.05. The number of rotatable bonds is 5. The van der Waals surface area contributed by atoms with E-state index in [0.717, 1.165) is 17.3 Å². The molecule has 1 aliphatic rings. The van der Waals surface area contributed by atoms with Crippen molar-refractivity contribution in [2.24, 2.45) is 5.73 Å². The van der Waals surface area contributed by atoms with Crippen LogP contribution in [0.1, 0.15) is 18.7 Å². The SMILES string of the molecule is Cc1ncc(S(=O)(=O)N(CC(N)=O)C2CCCNC2)[nH]1. The minimum Gasteiger partial charge on any atom is -0.369 e. The van der Waals surface area contributed by atoms with Crippen LogP contribution in [0.5, 0.6) is 0 Å². The first kappa shape index (κ1) is 14.9. The Morgan fingerprint density at radius 2 is 2.35 bits per heavy atom. The van der Waals surface area contributed by atoms with E-state index in [4.69, 9.17) is 5.73 Å². The summed E-state index contributed by atoms with van der Waals surface area (Å²) >= 11 is 0. The standard InChI is InChI=1S/C11H19N5O3S/c1-8-14-6-11(15-8)20(18,19)16(7-10(12)17)9-3-2-4-13-5-9/h6,9,13H,2-5,7H2,1H3,(H2,12,17)(H,14,15). The molecule has 1 atom stereocenters. The number of sulfonamides is 1. The number of nitrogens with two attached hydrogens (primary N) is 1. The highest BCUT2D eigenvalue weighted by atomic mass is 32.2. The fourth-order valence-corrected chi connectivity index (χ4v) is 3.88. The Morgan fingerprint density at radius 1 is 1.60 bits per heavy atom. The maximum absolute atomic E-state index is 12.6. The van der Waals surface area contributed by atoms with Crippen molar-refractivity contribution in [3.63, 3.8) is 0 Å². The molecule has 1 aromatic rings. The van der Waals surface area contributed by atoms with Crippen LogP contribution < -0.4 is 11.1 Å². The lowest BCUT2D eigenvalue weighted by molar-refractivity contribution is -0.118. The van der Waals surface area contributed by atoms with Crippen LogP contribution in [-0.4, -0.2) is 54.3 Å². The van der Waals surface area contributed by atoms with Crippen molar-refractivity contribution in [1.82, 2.24) is 19.6 Å². The van der Waals surface area contributed by atoms with Gasteiger partial charge < -0.3 is 16.0 Å². The maximum Gasteiger partial charge on any atom is 0.260 e. The molecule has 0 spiro atoms. The number of aromatic nitrogens is 2. The molecule has 2 heterocycles. The summed E-state index contributed by atoms with van der Waals surface area (Å²) in [4.78, 5) is 17.8. The first-order chi connectivity index (χ1) is 9.41. The molecule has 9 heteroatoms. The molecule has 1 aliphatic heterocycles. The summed E-state index contributed by atoms with van der Waals surface area (Å²) in [6.45, 7) is 2.70. The van der Waals surface area contributed by atoms with E-state index in [-0.39, 0.29) is 17.6 Å². The third-order valence-electron chi connectivity index (χ3n) is 3.26. The van der Waals surface area contributed by atoms with Gasteiger partial charge in [-0.1, -0.05) is 0 Å². The molecule has 2 rings (SSSR count). The number of primary amides is 1. The molecule has 1 amide bonds. The van der Waals surface area contributed by atoms with E-state index in [9.17, 15) is 13.2 Å². The van der Waals surface area contributed by atoms with Crippen molar-refractivity contribution in [2.45, 2.75) is 30.8 Å². The molecule has 0 aliphatic carbocycles. The number of carbonyl (C=O) groups excluding carboxylic acids is 1. The average Bonchev–Trinajstić information content (AvgIpc) is 2.84. The largest absolute Gasteiger partial charge is 0.369 e. The van der Waals surface area contributed by atoms with E-state index >= 15 is 0 Å². The van der Waals surface area contributed by atoms with Gasteiger partial charge in [-0.15, -0.1) is 0 Å². The Hall–Kier alpha value is -1.45. The quantitative estimate of drug-likeness (QED) is 0.640. The Labute approximate surface area is 117 Å². The zero-order valence-corrected chi connectivity index (χ0v) is 12.1. The summed E-state index contributed by atoms with van der Waals surface area (Å²) in [5, 5.41) is 3.12. The molecule has 0 bridgehead atoms. The molecule has 0 saturated carbocycles. The number of H-pyrrole nitrogens is 1. The van der Waals surface area contributed by atoms with Crippen LogP contribution in [-0.2, 0) is 14.8 Å². The van der Waals surface area contributed by atoms with Gasteiger partial charge in [0.2, 0.25) is 5.91 Å². The molecule has 4 N–H and O–H groups in total. The third-order valence-corrected chi connectivity index (χ3v) is 5.06. The minimum absolute atomic E-state index is 0.0122. The minimum atomic E-state index is -3.80. The molecular formula is C11H19N5O3S. The summed E-state index contributed by atoms with van der Waals surface area (Å²) in [6.07, 6.45) is 2.82. The number of amides is 1. The second-order valence-electron chi connectivity index (χ2n) is 4.85. The fourth-order valence-electron chi connectivity index (χ4n) is 2.30. The Balaban J connectivity index is 2.31. The van der Waals surface area contributed by atoms with E-state index in [1.807, 2.05) is 0 Å². The first-order valence-corrected chi connectivity index (χ1v) is 7.87. The molecule has 1 fully saturated rings. The number of nitrogens with zero attached hydrogens (tertiary/aromatic N) is 2. The molecular weight excluding hydrogens is 282 g/mol. The van der Waals surface area contributed by atoms with Gasteiger partial charge in [-0.3, -0.25) is 4.79 Å². The highest BCUT2D eigenvalue weighted by molar-refractivity contribution is 7.89. The van der Waals surface area contributed by atoms with E-state index in [1.165, 1.54) is 6.20 Å². The first-order valence-electron chi connectivity index (χ1n) is 6.43. The molecule has 8 nitrogen and oxygen atoms in total. The van der Waals surface area contributed by atoms with Gasteiger partial charge in [-0.2, -0.15) is 4.31 Å². The van der Waals surface area contributed by atoms with Gasteiger partial charge in [0.05, 0.1) is 12.7 Å². The molecule has 0 aromatic carbocycles. The van der Waals surface area contributed by atoms with Gasteiger partial charge in [0.15, 0.2) is 5.03 Å². The normalized spacial score (nSPS) is 20.2. The molecule has 1 aromatic heterocycles. The van der Waals surface area contributed by atoms with Crippen LogP contribution in [0.15, 0.2) is 11.2 Å². The van der Waals surface area contributed by atoms with Crippen LogP contribution in [0.3, 0.4) is 0 Å². The van der Waals surface area contributed by atoms with Gasteiger partial charge in [0.25, 0.3) is 10.0 Å². The van der Waals surface area contributed by atoms with Crippen LogP contribution >= 0.6 is 0 Å². The molecule has 0 radical (unpaired) electrons. The van der Waals surface area contributed by atoms with Gasteiger partial charge in [-0.25, -0.2) is 13.4 Å². The predicted molar refractivity (Wildman–Crippen MR) is 72.3 cm³/mol. The molecule has 1 saturated heterocycles. The van der Waals surface area contributed by atoms with Crippen LogP contribution in [0.25, 0.3) is 0 Å². The number of hydrogen-bond donors (Lipinski definition) is 3. The Morgan fingerprint density at radius 3 is 2.85 bits per heavy atom. The van der Waals surface area contributed by atoms with E-state index in [0.29, 0.717) is 18.8 Å². The monoisotopic (exact) mass is 301 g/mol. The van der Waals surface area contributed by atoms with E-state index in [2.05, 4.69) is 15.3 Å². The van der Waals surface area contributed by atoms with Gasteiger partial charge in [0, 0.05) is 12.6 Å². The highest BCUT2D eigenvalue weighted by Gasteiger charge is 2.34. The number of carbonyl (C=O) groups is 1. The zero-order valence-electron chi connectivity index (χ0n) is 11.3. The highest BCUT2D eigenvalue weighted by Crippen LogP contribution is 2.20. The molecule has 20 heavy (non-hydrogen) atoms. The molecule has 112 valence electrons. The number of aryl methyl sites for hydroxylation is 1. The topological polar surface area (TPSA) is 121 Å². The van der Waals surface area contributed by atoms with Crippen molar-refractivity contribution < 1.29 is 13.2 Å². The average molecular weight is 301 g/mol. The summed E-state index contributed by atoms with van der Waals surface area (Å²) in [7, 11) is -3.80. The molecule has 1 unspecified atom stereocenters. The number of piperidine rings is 1. The lowest BCUT2D eigenvalue weighted by atomic mass is 10.1. The summed E-state index contributed by atoms with van der Waals surface area (Å²) in [5.74, 6) is -0.167. The van der Waals surface area contributed by atoms with Crippen molar-refractivity contribution in [2.75, 3.05) is 19.6 Å². The zero-order chi connectivity index (χ0) is 14.8. The Bertz CT molecular complexity index is 577. The summed E-state index contributed by atoms with van der Waals surface area (Å²) < 4.78 is 26.4.